The van der Waals surface area contributed by atoms with Crippen molar-refractivity contribution in [1.29, 1.82) is 0 Å². The highest BCUT2D eigenvalue weighted by atomic mass is 32.2. The van der Waals surface area contributed by atoms with E-state index in [-0.39, 0.29) is 5.60 Å². The largest absolute Gasteiger partial charge is 0.372 e. The van der Waals surface area contributed by atoms with Gasteiger partial charge in [0.05, 0.1) is 17.6 Å². The highest BCUT2D eigenvalue weighted by molar-refractivity contribution is 7.88. The number of nitrogens with zero attached hydrogens (tertiary/aromatic N) is 2. The Hall–Kier alpha value is -0.960. The first-order valence-electron chi connectivity index (χ1n) is 7.59. The van der Waals surface area contributed by atoms with Crippen molar-refractivity contribution in [2.24, 2.45) is 5.92 Å². The van der Waals surface area contributed by atoms with E-state index in [1.54, 1.807) is 0 Å². The molecule has 22 heavy (non-hydrogen) atoms. The average Bonchev–Trinajstić information content (AvgIpc) is 2.95. The fourth-order valence-corrected chi connectivity index (χ4v) is 3.99. The Bertz CT molecular complexity index is 622. The topological polar surface area (TPSA) is 84.7 Å². The number of aromatic nitrogens is 1. The van der Waals surface area contributed by atoms with Crippen LogP contribution in [0.15, 0.2) is 10.6 Å². The number of sulfonamides is 1. The third kappa shape index (κ3) is 3.51. The predicted octanol–water partition coefficient (Wildman–Crippen LogP) is 0.513. The van der Waals surface area contributed by atoms with Gasteiger partial charge in [0.15, 0.2) is 0 Å². The van der Waals surface area contributed by atoms with Gasteiger partial charge in [-0.15, -0.1) is 0 Å². The third-order valence-electron chi connectivity index (χ3n) is 4.50. The van der Waals surface area contributed by atoms with E-state index in [2.05, 4.69) is 14.8 Å². The molecule has 1 aromatic rings. The van der Waals surface area contributed by atoms with Crippen LogP contribution in [0.1, 0.15) is 24.3 Å². The summed E-state index contributed by atoms with van der Waals surface area (Å²) in [6.45, 7) is 5.66. The van der Waals surface area contributed by atoms with Crippen LogP contribution in [-0.4, -0.2) is 56.6 Å². The molecule has 7 nitrogen and oxygen atoms in total. The van der Waals surface area contributed by atoms with Crippen LogP contribution < -0.4 is 4.72 Å². The van der Waals surface area contributed by atoms with Crippen LogP contribution in [0, 0.1) is 12.8 Å². The van der Waals surface area contributed by atoms with Crippen LogP contribution in [0.4, 0.5) is 0 Å². The molecule has 2 saturated heterocycles. The molecule has 2 aliphatic rings. The smallest absolute Gasteiger partial charge is 0.208 e. The summed E-state index contributed by atoms with van der Waals surface area (Å²) >= 11 is 0. The Morgan fingerprint density at radius 1 is 1.50 bits per heavy atom. The number of likely N-dealkylation sites (tertiary alicyclic amines) is 1. The lowest BCUT2D eigenvalue weighted by atomic mass is 9.79. The van der Waals surface area contributed by atoms with Gasteiger partial charge in [0.25, 0.3) is 0 Å². The summed E-state index contributed by atoms with van der Waals surface area (Å²) in [4.78, 5) is 2.29. The highest BCUT2D eigenvalue weighted by Crippen LogP contribution is 2.41. The van der Waals surface area contributed by atoms with Crippen molar-refractivity contribution in [3.8, 4) is 0 Å². The molecule has 2 fully saturated rings. The zero-order valence-corrected chi connectivity index (χ0v) is 13.9. The Morgan fingerprint density at radius 3 is 2.91 bits per heavy atom. The molecule has 0 aliphatic carbocycles. The number of hydrogen-bond acceptors (Lipinski definition) is 6. The van der Waals surface area contributed by atoms with Gasteiger partial charge in [-0.1, -0.05) is 5.16 Å². The second-order valence-electron chi connectivity index (χ2n) is 6.43. The SMILES string of the molecule is Cc1cc(CN2CC3(C2)OCCC3CCNS(C)(=O)=O)no1. The predicted molar refractivity (Wildman–Crippen MR) is 80.8 cm³/mol. The summed E-state index contributed by atoms with van der Waals surface area (Å²) in [6, 6.07) is 1.95. The van der Waals surface area contributed by atoms with Gasteiger partial charge in [-0.2, -0.15) is 0 Å². The molecule has 8 heteroatoms. The van der Waals surface area contributed by atoms with Gasteiger partial charge in [-0.25, -0.2) is 13.1 Å². The quantitative estimate of drug-likeness (QED) is 0.819. The lowest BCUT2D eigenvalue weighted by molar-refractivity contribution is -0.137. The summed E-state index contributed by atoms with van der Waals surface area (Å²) < 4.78 is 35.9. The number of hydrogen-bond donors (Lipinski definition) is 1. The molecule has 2 aliphatic heterocycles. The maximum atomic E-state index is 11.1. The van der Waals surface area contributed by atoms with E-state index in [1.807, 2.05) is 13.0 Å². The van der Waals surface area contributed by atoms with Crippen molar-refractivity contribution in [1.82, 2.24) is 14.8 Å². The summed E-state index contributed by atoms with van der Waals surface area (Å²) in [7, 11) is -3.11. The van der Waals surface area contributed by atoms with E-state index < -0.39 is 10.0 Å². The van der Waals surface area contributed by atoms with E-state index in [9.17, 15) is 8.42 Å². The first-order chi connectivity index (χ1) is 10.4. The number of ether oxygens (including phenoxy) is 1. The van der Waals surface area contributed by atoms with Crippen molar-refractivity contribution in [2.45, 2.75) is 31.9 Å². The number of aryl methyl sites for hydroxylation is 1. The van der Waals surface area contributed by atoms with Gasteiger partial charge < -0.3 is 9.26 Å². The molecule has 124 valence electrons. The first-order valence-corrected chi connectivity index (χ1v) is 9.49. The van der Waals surface area contributed by atoms with Gasteiger partial charge in [0, 0.05) is 38.9 Å². The summed E-state index contributed by atoms with van der Waals surface area (Å²) in [6.07, 6.45) is 3.02. The minimum atomic E-state index is -3.11. The van der Waals surface area contributed by atoms with Gasteiger partial charge in [-0.3, -0.25) is 4.90 Å². The maximum Gasteiger partial charge on any atom is 0.208 e. The standard InChI is InChI=1S/C14H23N3O4S/c1-11-7-13(16-21-11)8-17-9-14(10-17)12(4-6-20-14)3-5-15-22(2,18)19/h7,12,15H,3-6,8-10H2,1-2H3. The number of nitrogens with one attached hydrogen (secondary N) is 1. The third-order valence-corrected chi connectivity index (χ3v) is 5.23. The van der Waals surface area contributed by atoms with E-state index in [1.165, 1.54) is 6.26 Å². The van der Waals surface area contributed by atoms with Crippen LogP contribution in [0.2, 0.25) is 0 Å². The Labute approximate surface area is 131 Å². The van der Waals surface area contributed by atoms with Crippen molar-refractivity contribution in [3.63, 3.8) is 0 Å². The van der Waals surface area contributed by atoms with Crippen molar-refractivity contribution >= 4 is 10.0 Å². The molecule has 1 spiro atoms. The normalized spacial score (nSPS) is 24.7. The van der Waals surface area contributed by atoms with Gasteiger partial charge in [-0.05, 0) is 25.7 Å². The molecule has 1 atom stereocenters. The zero-order chi connectivity index (χ0) is 15.8. The average molecular weight is 329 g/mol. The zero-order valence-electron chi connectivity index (χ0n) is 13.0. The van der Waals surface area contributed by atoms with Gasteiger partial charge in [0.1, 0.15) is 5.76 Å². The second-order valence-corrected chi connectivity index (χ2v) is 8.26. The molecule has 3 rings (SSSR count). The second kappa shape index (κ2) is 5.92. The molecule has 0 radical (unpaired) electrons. The fourth-order valence-electron chi connectivity index (χ4n) is 3.50. The Balaban J connectivity index is 1.49. The van der Waals surface area contributed by atoms with Gasteiger partial charge in [0.2, 0.25) is 10.0 Å². The maximum absolute atomic E-state index is 11.1. The molecular formula is C14H23N3O4S. The van der Waals surface area contributed by atoms with E-state index in [4.69, 9.17) is 9.26 Å². The lowest BCUT2D eigenvalue weighted by Gasteiger charge is -2.50. The Morgan fingerprint density at radius 2 is 2.27 bits per heavy atom. The lowest BCUT2D eigenvalue weighted by Crippen LogP contribution is -2.64. The van der Waals surface area contributed by atoms with Crippen molar-refractivity contribution < 1.29 is 17.7 Å². The minimum Gasteiger partial charge on any atom is -0.372 e. The van der Waals surface area contributed by atoms with Crippen molar-refractivity contribution in [3.05, 3.63) is 17.5 Å². The van der Waals surface area contributed by atoms with Gasteiger partial charge >= 0.3 is 0 Å². The van der Waals surface area contributed by atoms with E-state index >= 15 is 0 Å². The highest BCUT2D eigenvalue weighted by Gasteiger charge is 2.52. The summed E-state index contributed by atoms with van der Waals surface area (Å²) in [5.74, 6) is 1.24. The van der Waals surface area contributed by atoms with Crippen molar-refractivity contribution in [2.75, 3.05) is 32.5 Å². The molecule has 0 amide bonds. The number of rotatable bonds is 6. The van der Waals surface area contributed by atoms with Crippen LogP contribution in [-0.2, 0) is 21.3 Å². The van der Waals surface area contributed by atoms with Crippen LogP contribution in [0.5, 0.6) is 0 Å². The summed E-state index contributed by atoms with van der Waals surface area (Å²) in [5.41, 5.74) is 0.846. The summed E-state index contributed by atoms with van der Waals surface area (Å²) in [5, 5.41) is 4.01. The monoisotopic (exact) mass is 329 g/mol. The van der Waals surface area contributed by atoms with Crippen LogP contribution in [0.25, 0.3) is 0 Å². The molecule has 3 heterocycles. The van der Waals surface area contributed by atoms with Crippen LogP contribution in [0.3, 0.4) is 0 Å². The van der Waals surface area contributed by atoms with E-state index in [0.29, 0.717) is 12.5 Å². The molecular weight excluding hydrogens is 306 g/mol. The Kier molecular flexibility index (Phi) is 4.28. The molecule has 1 aromatic heterocycles. The molecule has 0 aromatic carbocycles. The molecule has 0 saturated carbocycles. The molecule has 1 unspecified atom stereocenters. The fraction of sp³-hybridized carbons (Fsp3) is 0.786. The van der Waals surface area contributed by atoms with E-state index in [0.717, 1.165) is 50.5 Å². The minimum absolute atomic E-state index is 0.0992. The van der Waals surface area contributed by atoms with Crippen LogP contribution >= 0.6 is 0 Å². The first kappa shape index (κ1) is 15.9. The molecule has 0 bridgehead atoms. The molecule has 1 N–H and O–H groups in total.